The second-order valence-corrected chi connectivity index (χ2v) is 9.09. The van der Waals surface area contributed by atoms with E-state index in [0.29, 0.717) is 16.5 Å². The molecule has 33 heavy (non-hydrogen) atoms. The number of esters is 1. The Bertz CT molecular complexity index is 1260. The topological polar surface area (TPSA) is 102 Å². The molecule has 1 N–H and O–H groups in total. The van der Waals surface area contributed by atoms with Gasteiger partial charge in [-0.15, -0.1) is 0 Å². The number of rotatable bonds is 8. The molecule has 0 saturated heterocycles. The number of carbonyl (C=O) groups excluding carboxylic acids is 2. The van der Waals surface area contributed by atoms with Crippen molar-refractivity contribution < 1.29 is 27.5 Å². The summed E-state index contributed by atoms with van der Waals surface area (Å²) in [6, 6.07) is 18.1. The summed E-state index contributed by atoms with van der Waals surface area (Å²) in [5.41, 5.74) is 0.778. The summed E-state index contributed by atoms with van der Waals surface area (Å²) in [6.07, 6.45) is 0. The number of amides is 1. The first-order chi connectivity index (χ1) is 15.7. The number of halogens is 1. The molecule has 3 aromatic carbocycles. The summed E-state index contributed by atoms with van der Waals surface area (Å²) < 4.78 is 37.6. The minimum Gasteiger partial charge on any atom is -0.497 e. The molecule has 0 saturated carbocycles. The van der Waals surface area contributed by atoms with Crippen LogP contribution in [0.1, 0.15) is 10.4 Å². The summed E-state index contributed by atoms with van der Waals surface area (Å²) in [5.74, 6) is -0.686. The van der Waals surface area contributed by atoms with Crippen LogP contribution in [0.3, 0.4) is 0 Å². The fourth-order valence-electron chi connectivity index (χ4n) is 2.99. The molecule has 0 aliphatic rings. The number of methoxy groups -OCH3 is 2. The molecule has 0 unspecified atom stereocenters. The van der Waals surface area contributed by atoms with Gasteiger partial charge in [0.15, 0.2) is 0 Å². The first-order valence-electron chi connectivity index (χ1n) is 9.65. The van der Waals surface area contributed by atoms with Crippen LogP contribution in [0.15, 0.2) is 77.7 Å². The highest BCUT2D eigenvalue weighted by atomic mass is 35.5. The van der Waals surface area contributed by atoms with Crippen molar-refractivity contribution in [1.29, 1.82) is 0 Å². The van der Waals surface area contributed by atoms with E-state index in [1.807, 2.05) is 0 Å². The Labute approximate surface area is 196 Å². The molecule has 0 atom stereocenters. The monoisotopic (exact) mass is 488 g/mol. The number of hydrogen-bond donors (Lipinski definition) is 1. The van der Waals surface area contributed by atoms with Crippen molar-refractivity contribution in [2.75, 3.05) is 30.4 Å². The maximum atomic E-state index is 13.4. The number of nitrogens with one attached hydrogen (secondary N) is 1. The number of benzene rings is 3. The molecular formula is C23H21ClN2O6S. The van der Waals surface area contributed by atoms with Gasteiger partial charge in [-0.2, -0.15) is 0 Å². The zero-order chi connectivity index (χ0) is 24.0. The number of ether oxygens (including phenoxy) is 2. The summed E-state index contributed by atoms with van der Waals surface area (Å²) >= 11 is 6.07. The standard InChI is InChI=1S/C23H21ClN2O6S/c1-31-20-9-11-21(12-10-20)33(29,30)26(19-8-4-6-17(24)14-19)15-22(27)25-18-7-3-5-16(13-18)23(28)32-2/h3-14H,15H2,1-2H3,(H,25,27). The molecule has 8 nitrogen and oxygen atoms in total. The Balaban J connectivity index is 1.92. The first-order valence-corrected chi connectivity index (χ1v) is 11.5. The summed E-state index contributed by atoms with van der Waals surface area (Å²) in [7, 11) is -1.40. The smallest absolute Gasteiger partial charge is 0.337 e. The second-order valence-electron chi connectivity index (χ2n) is 6.79. The summed E-state index contributed by atoms with van der Waals surface area (Å²) in [4.78, 5) is 24.5. The lowest BCUT2D eigenvalue weighted by atomic mass is 10.2. The fourth-order valence-corrected chi connectivity index (χ4v) is 4.59. The van der Waals surface area contributed by atoms with Gasteiger partial charge in [0.25, 0.3) is 10.0 Å². The van der Waals surface area contributed by atoms with Crippen LogP contribution in [0, 0.1) is 0 Å². The molecule has 0 radical (unpaired) electrons. The van der Waals surface area contributed by atoms with Crippen LogP contribution in [-0.2, 0) is 19.6 Å². The molecule has 3 aromatic rings. The number of carbonyl (C=O) groups is 2. The van der Waals surface area contributed by atoms with Crippen molar-refractivity contribution in [2.45, 2.75) is 4.90 Å². The van der Waals surface area contributed by atoms with Crippen molar-refractivity contribution in [3.05, 3.63) is 83.4 Å². The SMILES string of the molecule is COC(=O)c1cccc(NC(=O)CN(c2cccc(Cl)c2)S(=O)(=O)c2ccc(OC)cc2)c1. The van der Waals surface area contributed by atoms with E-state index >= 15 is 0 Å². The lowest BCUT2D eigenvalue weighted by Gasteiger charge is -2.24. The van der Waals surface area contributed by atoms with E-state index in [9.17, 15) is 18.0 Å². The largest absolute Gasteiger partial charge is 0.497 e. The summed E-state index contributed by atoms with van der Waals surface area (Å²) in [6.45, 7) is -0.531. The van der Waals surface area contributed by atoms with E-state index in [-0.39, 0.29) is 16.1 Å². The van der Waals surface area contributed by atoms with Gasteiger partial charge >= 0.3 is 5.97 Å². The average Bonchev–Trinajstić information content (AvgIpc) is 2.82. The van der Waals surface area contributed by atoms with Crippen LogP contribution < -0.4 is 14.4 Å². The molecule has 0 heterocycles. The highest BCUT2D eigenvalue weighted by molar-refractivity contribution is 7.92. The first kappa shape index (κ1) is 24.1. The molecule has 1 amide bonds. The molecule has 10 heteroatoms. The summed E-state index contributed by atoms with van der Waals surface area (Å²) in [5, 5.41) is 2.93. The zero-order valence-electron chi connectivity index (χ0n) is 17.8. The number of hydrogen-bond acceptors (Lipinski definition) is 6. The van der Waals surface area contributed by atoms with Gasteiger partial charge in [0.05, 0.1) is 30.4 Å². The predicted molar refractivity (Wildman–Crippen MR) is 125 cm³/mol. The highest BCUT2D eigenvalue weighted by Gasteiger charge is 2.27. The van der Waals surface area contributed by atoms with Crippen molar-refractivity contribution in [1.82, 2.24) is 0 Å². The van der Waals surface area contributed by atoms with E-state index < -0.39 is 28.4 Å². The van der Waals surface area contributed by atoms with Gasteiger partial charge in [-0.3, -0.25) is 9.10 Å². The van der Waals surface area contributed by atoms with Crippen molar-refractivity contribution in [3.8, 4) is 5.75 Å². The van der Waals surface area contributed by atoms with Crippen LogP contribution in [-0.4, -0.2) is 41.1 Å². The lowest BCUT2D eigenvalue weighted by Crippen LogP contribution is -2.38. The Morgan fingerprint density at radius 2 is 1.67 bits per heavy atom. The molecule has 0 aliphatic heterocycles. The lowest BCUT2D eigenvalue weighted by molar-refractivity contribution is -0.114. The van der Waals surface area contributed by atoms with Crippen molar-refractivity contribution >= 4 is 44.9 Å². The molecule has 0 fully saturated rings. The van der Waals surface area contributed by atoms with Crippen LogP contribution in [0.25, 0.3) is 0 Å². The van der Waals surface area contributed by atoms with Crippen LogP contribution in [0.5, 0.6) is 5.75 Å². The van der Waals surface area contributed by atoms with E-state index in [2.05, 4.69) is 10.1 Å². The predicted octanol–water partition coefficient (Wildman–Crippen LogP) is 3.97. The highest BCUT2D eigenvalue weighted by Crippen LogP contribution is 2.27. The molecule has 0 bridgehead atoms. The van der Waals surface area contributed by atoms with E-state index in [1.165, 1.54) is 62.8 Å². The molecule has 172 valence electrons. The molecular weight excluding hydrogens is 468 g/mol. The van der Waals surface area contributed by atoms with E-state index in [0.717, 1.165) is 4.31 Å². The van der Waals surface area contributed by atoms with Gasteiger partial charge < -0.3 is 14.8 Å². The van der Waals surface area contributed by atoms with Gasteiger partial charge in [-0.1, -0.05) is 23.7 Å². The Morgan fingerprint density at radius 3 is 2.30 bits per heavy atom. The van der Waals surface area contributed by atoms with Gasteiger partial charge in [0.2, 0.25) is 5.91 Å². The van der Waals surface area contributed by atoms with Crippen LogP contribution in [0.4, 0.5) is 11.4 Å². The average molecular weight is 489 g/mol. The number of anilines is 2. The molecule has 3 rings (SSSR count). The van der Waals surface area contributed by atoms with Crippen molar-refractivity contribution in [2.24, 2.45) is 0 Å². The van der Waals surface area contributed by atoms with Gasteiger partial charge in [0.1, 0.15) is 12.3 Å². The maximum absolute atomic E-state index is 13.4. The quantitative estimate of drug-likeness (QED) is 0.481. The minimum absolute atomic E-state index is 0.0243. The maximum Gasteiger partial charge on any atom is 0.337 e. The Hall–Kier alpha value is -3.56. The number of nitrogens with zero attached hydrogens (tertiary/aromatic N) is 1. The van der Waals surface area contributed by atoms with Gasteiger partial charge in [-0.25, -0.2) is 13.2 Å². The Morgan fingerprint density at radius 1 is 0.970 bits per heavy atom. The normalized spacial score (nSPS) is 10.9. The van der Waals surface area contributed by atoms with Crippen LogP contribution >= 0.6 is 11.6 Å². The zero-order valence-corrected chi connectivity index (χ0v) is 19.4. The van der Waals surface area contributed by atoms with Gasteiger partial charge in [-0.05, 0) is 60.7 Å². The third-order valence-electron chi connectivity index (χ3n) is 4.60. The van der Waals surface area contributed by atoms with Gasteiger partial charge in [0, 0.05) is 10.7 Å². The molecule has 0 aromatic heterocycles. The third kappa shape index (κ3) is 5.82. The molecule has 0 aliphatic carbocycles. The van der Waals surface area contributed by atoms with Crippen LogP contribution in [0.2, 0.25) is 5.02 Å². The van der Waals surface area contributed by atoms with E-state index in [1.54, 1.807) is 24.3 Å². The second kappa shape index (κ2) is 10.4. The number of sulfonamides is 1. The minimum atomic E-state index is -4.12. The Kier molecular flexibility index (Phi) is 7.57. The van der Waals surface area contributed by atoms with Crippen molar-refractivity contribution in [3.63, 3.8) is 0 Å². The molecule has 0 spiro atoms. The van der Waals surface area contributed by atoms with E-state index in [4.69, 9.17) is 16.3 Å². The third-order valence-corrected chi connectivity index (χ3v) is 6.62. The fraction of sp³-hybridized carbons (Fsp3) is 0.130.